The Kier molecular flexibility index (Phi) is 7.48. The van der Waals surface area contributed by atoms with E-state index in [1.807, 2.05) is 0 Å². The minimum Gasteiger partial charge on any atom is -0.309 e. The van der Waals surface area contributed by atoms with Crippen LogP contribution in [0.25, 0.3) is 10.8 Å². The average molecular weight is 343 g/mol. The molecule has 0 aliphatic carbocycles. The summed E-state index contributed by atoms with van der Waals surface area (Å²) in [5.41, 5.74) is 1.92. The lowest BCUT2D eigenvalue weighted by Crippen LogP contribution is -2.29. The van der Waals surface area contributed by atoms with Crippen molar-refractivity contribution in [3.63, 3.8) is 0 Å². The zero-order valence-electron chi connectivity index (χ0n) is 15.0. The van der Waals surface area contributed by atoms with E-state index >= 15 is 0 Å². The molecule has 1 unspecified atom stereocenters. The molecule has 0 spiro atoms. The van der Waals surface area contributed by atoms with E-state index in [0.29, 0.717) is 0 Å². The SMILES string of the molecule is CC(C)=CCC(C#N)(CCN(C)C)c1ccc2ccccc2c1.Cl. The molecule has 0 radical (unpaired) electrons. The van der Waals surface area contributed by atoms with Crippen molar-refractivity contribution >= 4 is 23.2 Å². The number of halogens is 1. The highest BCUT2D eigenvalue weighted by atomic mass is 35.5. The minimum atomic E-state index is -0.467. The van der Waals surface area contributed by atoms with Gasteiger partial charge in [0.05, 0.1) is 11.5 Å². The summed E-state index contributed by atoms with van der Waals surface area (Å²) in [4.78, 5) is 2.15. The van der Waals surface area contributed by atoms with Crippen molar-refractivity contribution in [1.82, 2.24) is 4.90 Å². The van der Waals surface area contributed by atoms with E-state index in [2.05, 4.69) is 87.5 Å². The summed E-state index contributed by atoms with van der Waals surface area (Å²) < 4.78 is 0. The van der Waals surface area contributed by atoms with Crippen LogP contribution < -0.4 is 0 Å². The van der Waals surface area contributed by atoms with Crippen molar-refractivity contribution in [2.45, 2.75) is 32.1 Å². The van der Waals surface area contributed by atoms with E-state index in [1.54, 1.807) is 0 Å². The number of hydrogen-bond acceptors (Lipinski definition) is 2. The van der Waals surface area contributed by atoms with Crippen molar-refractivity contribution in [3.05, 3.63) is 59.7 Å². The fraction of sp³-hybridized carbons (Fsp3) is 0.381. The van der Waals surface area contributed by atoms with Crippen LogP contribution in [-0.4, -0.2) is 25.5 Å². The van der Waals surface area contributed by atoms with Crippen LogP contribution in [0.4, 0.5) is 0 Å². The van der Waals surface area contributed by atoms with Gasteiger partial charge in [0.2, 0.25) is 0 Å². The molecule has 2 aromatic rings. The number of allylic oxidation sites excluding steroid dienone is 2. The van der Waals surface area contributed by atoms with E-state index in [4.69, 9.17) is 0 Å². The Hall–Kier alpha value is -1.82. The molecule has 0 saturated carbocycles. The summed E-state index contributed by atoms with van der Waals surface area (Å²) in [5, 5.41) is 12.5. The summed E-state index contributed by atoms with van der Waals surface area (Å²) in [6.07, 6.45) is 3.78. The van der Waals surface area contributed by atoms with Crippen molar-refractivity contribution in [1.29, 1.82) is 5.26 Å². The first-order valence-corrected chi connectivity index (χ1v) is 8.15. The predicted molar refractivity (Wildman–Crippen MR) is 106 cm³/mol. The second-order valence-electron chi connectivity index (χ2n) is 6.79. The molecule has 0 N–H and O–H groups in total. The van der Waals surface area contributed by atoms with Crippen LogP contribution in [0.3, 0.4) is 0 Å². The number of rotatable bonds is 6. The molecule has 24 heavy (non-hydrogen) atoms. The first-order valence-electron chi connectivity index (χ1n) is 8.15. The van der Waals surface area contributed by atoms with Gasteiger partial charge in [-0.3, -0.25) is 0 Å². The van der Waals surface area contributed by atoms with Gasteiger partial charge in [-0.2, -0.15) is 5.26 Å². The van der Waals surface area contributed by atoms with Crippen LogP contribution in [0.5, 0.6) is 0 Å². The van der Waals surface area contributed by atoms with Crippen molar-refractivity contribution in [2.75, 3.05) is 20.6 Å². The first-order chi connectivity index (χ1) is 11.0. The maximum Gasteiger partial charge on any atom is 0.0869 e. The monoisotopic (exact) mass is 342 g/mol. The van der Waals surface area contributed by atoms with E-state index in [9.17, 15) is 5.26 Å². The number of nitrogens with zero attached hydrogens (tertiary/aromatic N) is 2. The molecule has 0 aromatic heterocycles. The summed E-state index contributed by atoms with van der Waals surface area (Å²) in [6, 6.07) is 17.4. The fourth-order valence-corrected chi connectivity index (χ4v) is 2.81. The Morgan fingerprint density at radius 3 is 2.38 bits per heavy atom. The molecular weight excluding hydrogens is 316 g/mol. The van der Waals surface area contributed by atoms with Crippen LogP contribution in [0.15, 0.2) is 54.1 Å². The smallest absolute Gasteiger partial charge is 0.0869 e. The topological polar surface area (TPSA) is 27.0 Å². The van der Waals surface area contributed by atoms with Gasteiger partial charge in [-0.15, -0.1) is 12.4 Å². The van der Waals surface area contributed by atoms with Gasteiger partial charge in [0.15, 0.2) is 0 Å². The predicted octanol–water partition coefficient (Wildman–Crippen LogP) is 5.33. The third-order valence-corrected chi connectivity index (χ3v) is 4.36. The third kappa shape index (κ3) is 4.84. The Bertz CT molecular complexity index is 739. The average Bonchev–Trinajstić information content (AvgIpc) is 2.55. The van der Waals surface area contributed by atoms with Gasteiger partial charge in [0.25, 0.3) is 0 Å². The highest BCUT2D eigenvalue weighted by Crippen LogP contribution is 2.34. The number of hydrogen-bond donors (Lipinski definition) is 0. The molecule has 0 heterocycles. The fourth-order valence-electron chi connectivity index (χ4n) is 2.81. The Morgan fingerprint density at radius 1 is 1.12 bits per heavy atom. The summed E-state index contributed by atoms with van der Waals surface area (Å²) in [7, 11) is 4.12. The zero-order chi connectivity index (χ0) is 16.9. The number of nitriles is 1. The van der Waals surface area contributed by atoms with Crippen LogP contribution in [0.2, 0.25) is 0 Å². The van der Waals surface area contributed by atoms with Crippen LogP contribution >= 0.6 is 12.4 Å². The summed E-state index contributed by atoms with van der Waals surface area (Å²) in [5.74, 6) is 0. The molecule has 0 aliphatic rings. The summed E-state index contributed by atoms with van der Waals surface area (Å²) in [6.45, 7) is 5.08. The second kappa shape index (κ2) is 8.87. The molecule has 0 saturated heterocycles. The standard InChI is InChI=1S/C21H26N2.ClH/c1-17(2)11-12-21(16-22,13-14-23(3)4)20-10-9-18-7-5-6-8-19(18)15-20;/h5-11,15H,12-14H2,1-4H3;1H. The Morgan fingerprint density at radius 2 is 1.79 bits per heavy atom. The normalized spacial score (nSPS) is 13.0. The van der Waals surface area contributed by atoms with Gasteiger partial charge >= 0.3 is 0 Å². The van der Waals surface area contributed by atoms with Gasteiger partial charge in [0, 0.05) is 0 Å². The van der Waals surface area contributed by atoms with E-state index in [1.165, 1.54) is 16.3 Å². The maximum absolute atomic E-state index is 10.0. The lowest BCUT2D eigenvalue weighted by Gasteiger charge is -2.28. The first kappa shape index (κ1) is 20.2. The van der Waals surface area contributed by atoms with Crippen molar-refractivity contribution in [2.24, 2.45) is 0 Å². The van der Waals surface area contributed by atoms with Crippen molar-refractivity contribution in [3.8, 4) is 6.07 Å². The molecule has 0 amide bonds. The summed E-state index contributed by atoms with van der Waals surface area (Å²) >= 11 is 0. The van der Waals surface area contributed by atoms with E-state index in [0.717, 1.165) is 24.9 Å². The largest absolute Gasteiger partial charge is 0.309 e. The molecule has 1 atom stereocenters. The van der Waals surface area contributed by atoms with Gasteiger partial charge in [-0.1, -0.05) is 48.0 Å². The van der Waals surface area contributed by atoms with Crippen LogP contribution in [0, 0.1) is 11.3 Å². The molecule has 128 valence electrons. The minimum absolute atomic E-state index is 0. The quantitative estimate of drug-likeness (QED) is 0.663. The van der Waals surface area contributed by atoms with E-state index in [-0.39, 0.29) is 12.4 Å². The molecule has 3 heteroatoms. The second-order valence-corrected chi connectivity index (χ2v) is 6.79. The highest BCUT2D eigenvalue weighted by Gasteiger charge is 2.31. The molecule has 2 nitrogen and oxygen atoms in total. The van der Waals surface area contributed by atoms with Gasteiger partial charge < -0.3 is 4.90 Å². The van der Waals surface area contributed by atoms with Crippen LogP contribution in [-0.2, 0) is 5.41 Å². The van der Waals surface area contributed by atoms with Gasteiger partial charge in [-0.25, -0.2) is 0 Å². The third-order valence-electron chi connectivity index (χ3n) is 4.36. The molecule has 2 aromatic carbocycles. The molecule has 0 aliphatic heterocycles. The number of benzene rings is 2. The van der Waals surface area contributed by atoms with Crippen LogP contribution in [0.1, 0.15) is 32.3 Å². The van der Waals surface area contributed by atoms with Gasteiger partial charge in [0.1, 0.15) is 0 Å². The van der Waals surface area contributed by atoms with Crippen molar-refractivity contribution < 1.29 is 0 Å². The lowest BCUT2D eigenvalue weighted by atomic mass is 9.75. The Labute approximate surface area is 152 Å². The molecular formula is C21H27ClN2. The molecule has 2 rings (SSSR count). The maximum atomic E-state index is 10.0. The Balaban J connectivity index is 0.00000288. The van der Waals surface area contributed by atoms with Gasteiger partial charge in [-0.05, 0) is 69.7 Å². The number of fused-ring (bicyclic) bond motifs is 1. The molecule has 0 bridgehead atoms. The highest BCUT2D eigenvalue weighted by molar-refractivity contribution is 5.85. The zero-order valence-corrected chi connectivity index (χ0v) is 15.9. The van der Waals surface area contributed by atoms with E-state index < -0.39 is 5.41 Å². The molecule has 0 fully saturated rings. The lowest BCUT2D eigenvalue weighted by molar-refractivity contribution is 0.353.